The summed E-state index contributed by atoms with van der Waals surface area (Å²) in [6.45, 7) is 3.66. The van der Waals surface area contributed by atoms with Crippen molar-refractivity contribution >= 4 is 18.5 Å². The molecule has 1 amide bonds. The number of likely N-dealkylation sites (N-methyl/N-ethyl adjacent to an activating group) is 1. The Labute approximate surface area is 92.7 Å². The van der Waals surface area contributed by atoms with Crippen LogP contribution in [0.15, 0.2) is 0 Å². The summed E-state index contributed by atoms with van der Waals surface area (Å²) in [7, 11) is 3.99. The molecule has 0 aliphatic rings. The highest BCUT2D eigenvalue weighted by molar-refractivity contribution is 7.80. The van der Waals surface area contributed by atoms with Crippen molar-refractivity contribution in [2.24, 2.45) is 5.92 Å². The van der Waals surface area contributed by atoms with E-state index in [0.717, 1.165) is 31.7 Å². The number of carbonyl (C=O) groups excluding carboxylic acids is 1. The average molecular weight is 218 g/mol. The first-order chi connectivity index (χ1) is 6.61. The molecule has 0 aromatic heterocycles. The van der Waals surface area contributed by atoms with Gasteiger partial charge in [0.25, 0.3) is 0 Å². The summed E-state index contributed by atoms with van der Waals surface area (Å²) in [4.78, 5) is 13.6. The maximum absolute atomic E-state index is 11.6. The molecule has 0 aliphatic carbocycles. The lowest BCUT2D eigenvalue weighted by Gasteiger charge is -2.15. The van der Waals surface area contributed by atoms with Crippen LogP contribution < -0.4 is 5.32 Å². The highest BCUT2D eigenvalue weighted by Crippen LogP contribution is 2.08. The van der Waals surface area contributed by atoms with Gasteiger partial charge in [0.2, 0.25) is 5.91 Å². The molecular weight excluding hydrogens is 196 g/mol. The zero-order valence-corrected chi connectivity index (χ0v) is 10.3. The minimum absolute atomic E-state index is 0.134. The van der Waals surface area contributed by atoms with Gasteiger partial charge in [-0.25, -0.2) is 0 Å². The van der Waals surface area contributed by atoms with Gasteiger partial charge in [0.1, 0.15) is 0 Å². The third kappa shape index (κ3) is 6.27. The Morgan fingerprint density at radius 1 is 1.50 bits per heavy atom. The summed E-state index contributed by atoms with van der Waals surface area (Å²) in [6.07, 6.45) is 1.77. The molecule has 0 rings (SSSR count). The van der Waals surface area contributed by atoms with Gasteiger partial charge in [-0.1, -0.05) is 6.92 Å². The van der Waals surface area contributed by atoms with E-state index < -0.39 is 0 Å². The van der Waals surface area contributed by atoms with Crippen molar-refractivity contribution < 1.29 is 4.79 Å². The molecule has 0 aliphatic heterocycles. The van der Waals surface area contributed by atoms with Crippen molar-refractivity contribution in [3.63, 3.8) is 0 Å². The van der Waals surface area contributed by atoms with Crippen LogP contribution in [0.5, 0.6) is 0 Å². The third-order valence-electron chi connectivity index (χ3n) is 2.20. The zero-order valence-electron chi connectivity index (χ0n) is 9.42. The molecule has 1 N–H and O–H groups in total. The Balaban J connectivity index is 3.69. The van der Waals surface area contributed by atoms with Crippen LogP contribution in [0.4, 0.5) is 0 Å². The van der Waals surface area contributed by atoms with E-state index in [0.29, 0.717) is 0 Å². The molecule has 84 valence electrons. The predicted molar refractivity (Wildman–Crippen MR) is 63.8 cm³/mol. The van der Waals surface area contributed by atoms with Crippen molar-refractivity contribution in [2.45, 2.75) is 19.8 Å². The predicted octanol–water partition coefficient (Wildman–Crippen LogP) is 1.01. The van der Waals surface area contributed by atoms with Crippen LogP contribution in [0.1, 0.15) is 19.8 Å². The van der Waals surface area contributed by atoms with Crippen LogP contribution in [0, 0.1) is 5.92 Å². The van der Waals surface area contributed by atoms with Crippen LogP contribution in [-0.4, -0.2) is 43.7 Å². The maximum atomic E-state index is 11.6. The van der Waals surface area contributed by atoms with Crippen LogP contribution in [-0.2, 0) is 4.79 Å². The van der Waals surface area contributed by atoms with Gasteiger partial charge < -0.3 is 10.2 Å². The van der Waals surface area contributed by atoms with E-state index in [-0.39, 0.29) is 11.8 Å². The Morgan fingerprint density at radius 2 is 2.14 bits per heavy atom. The van der Waals surface area contributed by atoms with Crippen LogP contribution in [0.25, 0.3) is 0 Å². The summed E-state index contributed by atoms with van der Waals surface area (Å²) < 4.78 is 0. The second kappa shape index (κ2) is 8.12. The molecule has 1 atom stereocenters. The molecule has 0 bridgehead atoms. The van der Waals surface area contributed by atoms with E-state index in [4.69, 9.17) is 0 Å². The maximum Gasteiger partial charge on any atom is 0.223 e. The molecule has 0 fully saturated rings. The number of hydrogen-bond acceptors (Lipinski definition) is 3. The molecule has 0 heterocycles. The second-order valence-corrected chi connectivity index (χ2v) is 4.16. The van der Waals surface area contributed by atoms with Gasteiger partial charge in [0.05, 0.1) is 0 Å². The van der Waals surface area contributed by atoms with Gasteiger partial charge in [0, 0.05) is 19.0 Å². The number of thiol groups is 1. The SMILES string of the molecule is CCC(CCS)C(=O)NCCN(C)C. The fourth-order valence-electron chi connectivity index (χ4n) is 1.22. The van der Waals surface area contributed by atoms with E-state index in [1.165, 1.54) is 0 Å². The number of rotatable bonds is 7. The first kappa shape index (κ1) is 13.8. The van der Waals surface area contributed by atoms with Crippen LogP contribution >= 0.6 is 12.6 Å². The first-order valence-electron chi connectivity index (χ1n) is 5.15. The Morgan fingerprint density at radius 3 is 2.57 bits per heavy atom. The molecule has 3 nitrogen and oxygen atoms in total. The number of nitrogens with zero attached hydrogens (tertiary/aromatic N) is 1. The fourth-order valence-corrected chi connectivity index (χ4v) is 1.54. The molecule has 0 radical (unpaired) electrons. The van der Waals surface area contributed by atoms with E-state index in [1.807, 2.05) is 21.0 Å². The van der Waals surface area contributed by atoms with Crippen molar-refractivity contribution in [3.05, 3.63) is 0 Å². The van der Waals surface area contributed by atoms with Gasteiger partial charge in [-0.05, 0) is 32.7 Å². The highest BCUT2D eigenvalue weighted by Gasteiger charge is 2.14. The van der Waals surface area contributed by atoms with Crippen molar-refractivity contribution in [2.75, 3.05) is 32.9 Å². The molecule has 4 heteroatoms. The summed E-state index contributed by atoms with van der Waals surface area (Å²) in [5.41, 5.74) is 0. The van der Waals surface area contributed by atoms with Gasteiger partial charge in [-0.3, -0.25) is 4.79 Å². The third-order valence-corrected chi connectivity index (χ3v) is 2.46. The molecule has 0 saturated carbocycles. The number of nitrogens with one attached hydrogen (secondary N) is 1. The summed E-state index contributed by atoms with van der Waals surface area (Å²) in [6, 6.07) is 0. The van der Waals surface area contributed by atoms with E-state index in [1.54, 1.807) is 0 Å². The van der Waals surface area contributed by atoms with E-state index >= 15 is 0 Å². The largest absolute Gasteiger partial charge is 0.355 e. The summed E-state index contributed by atoms with van der Waals surface area (Å²) in [5.74, 6) is 1.08. The number of carbonyl (C=O) groups is 1. The van der Waals surface area contributed by atoms with E-state index in [9.17, 15) is 4.79 Å². The van der Waals surface area contributed by atoms with Crippen LogP contribution in [0.2, 0.25) is 0 Å². The quantitative estimate of drug-likeness (QED) is 0.625. The van der Waals surface area contributed by atoms with Gasteiger partial charge in [-0.2, -0.15) is 12.6 Å². The zero-order chi connectivity index (χ0) is 11.0. The molecule has 0 spiro atoms. The number of amides is 1. The monoisotopic (exact) mass is 218 g/mol. The van der Waals surface area contributed by atoms with Gasteiger partial charge >= 0.3 is 0 Å². The first-order valence-corrected chi connectivity index (χ1v) is 5.78. The molecule has 0 saturated heterocycles. The standard InChI is InChI=1S/C10H22N2OS/c1-4-9(5-8-14)10(13)11-6-7-12(2)3/h9,14H,4-8H2,1-3H3,(H,11,13). The topological polar surface area (TPSA) is 32.3 Å². The molecule has 0 aromatic carbocycles. The van der Waals surface area contributed by atoms with Gasteiger partial charge in [-0.15, -0.1) is 0 Å². The summed E-state index contributed by atoms with van der Waals surface area (Å²) in [5, 5.41) is 2.94. The molecule has 0 aromatic rings. The van der Waals surface area contributed by atoms with Crippen molar-refractivity contribution in [1.29, 1.82) is 0 Å². The van der Waals surface area contributed by atoms with Crippen LogP contribution in [0.3, 0.4) is 0 Å². The smallest absolute Gasteiger partial charge is 0.223 e. The minimum Gasteiger partial charge on any atom is -0.355 e. The Bertz CT molecular complexity index is 162. The molecule has 14 heavy (non-hydrogen) atoms. The second-order valence-electron chi connectivity index (χ2n) is 3.71. The fraction of sp³-hybridized carbons (Fsp3) is 0.900. The average Bonchev–Trinajstić information content (AvgIpc) is 2.13. The minimum atomic E-state index is 0.134. The lowest BCUT2D eigenvalue weighted by Crippen LogP contribution is -2.35. The van der Waals surface area contributed by atoms with Gasteiger partial charge in [0.15, 0.2) is 0 Å². The van der Waals surface area contributed by atoms with Crippen molar-refractivity contribution in [1.82, 2.24) is 10.2 Å². The molecular formula is C10H22N2OS. The lowest BCUT2D eigenvalue weighted by atomic mass is 10.0. The molecule has 1 unspecified atom stereocenters. The lowest BCUT2D eigenvalue weighted by molar-refractivity contribution is -0.125. The number of hydrogen-bond donors (Lipinski definition) is 2. The highest BCUT2D eigenvalue weighted by atomic mass is 32.1. The van der Waals surface area contributed by atoms with Crippen molar-refractivity contribution in [3.8, 4) is 0 Å². The Kier molecular flexibility index (Phi) is 7.99. The Hall–Kier alpha value is -0.220. The van der Waals surface area contributed by atoms with E-state index in [2.05, 4.69) is 22.8 Å². The normalized spacial score (nSPS) is 12.9. The summed E-state index contributed by atoms with van der Waals surface area (Å²) >= 11 is 4.14.